The van der Waals surface area contributed by atoms with Crippen LogP contribution in [0.2, 0.25) is 0 Å². The van der Waals surface area contributed by atoms with Crippen molar-refractivity contribution in [3.8, 4) is 5.75 Å². The zero-order valence-electron chi connectivity index (χ0n) is 12.9. The average Bonchev–Trinajstić information content (AvgIpc) is 2.62. The van der Waals surface area contributed by atoms with E-state index < -0.39 is 0 Å². The zero-order valence-corrected chi connectivity index (χ0v) is 12.9. The van der Waals surface area contributed by atoms with Crippen LogP contribution in [0.25, 0.3) is 6.08 Å². The Balaban J connectivity index is 1.57. The Morgan fingerprint density at radius 3 is 2.09 bits per heavy atom. The fourth-order valence-electron chi connectivity index (χ4n) is 2.24. The first kappa shape index (κ1) is 14.9. The maximum absolute atomic E-state index is 5.82. The first-order valence-electron chi connectivity index (χ1n) is 7.60. The van der Waals surface area contributed by atoms with Gasteiger partial charge in [0.15, 0.2) is 0 Å². The normalized spacial score (nSPS) is 10.1. The van der Waals surface area contributed by atoms with Crippen molar-refractivity contribution in [3.05, 3.63) is 96.6 Å². The summed E-state index contributed by atoms with van der Waals surface area (Å²) >= 11 is 0. The molecule has 0 heterocycles. The van der Waals surface area contributed by atoms with E-state index in [0.717, 1.165) is 28.3 Å². The van der Waals surface area contributed by atoms with Crippen LogP contribution in [0.1, 0.15) is 11.1 Å². The van der Waals surface area contributed by atoms with Gasteiger partial charge in [-0.3, -0.25) is 0 Å². The molecule has 0 atom stereocenters. The van der Waals surface area contributed by atoms with Crippen LogP contribution in [0.15, 0.2) is 85.4 Å². The molecular weight excluding hydrogens is 282 g/mol. The lowest BCUT2D eigenvalue weighted by Gasteiger charge is -2.09. The van der Waals surface area contributed by atoms with Gasteiger partial charge in [-0.2, -0.15) is 0 Å². The maximum atomic E-state index is 5.82. The van der Waals surface area contributed by atoms with Crippen molar-refractivity contribution in [1.29, 1.82) is 0 Å². The average molecular weight is 301 g/mol. The fraction of sp³-hybridized carbons (Fsp3) is 0.0476. The number of ether oxygens (including phenoxy) is 1. The minimum atomic E-state index is 0.558. The molecule has 23 heavy (non-hydrogen) atoms. The van der Waals surface area contributed by atoms with Gasteiger partial charge in [-0.15, -0.1) is 0 Å². The monoisotopic (exact) mass is 301 g/mol. The minimum Gasteiger partial charge on any atom is -0.489 e. The van der Waals surface area contributed by atoms with Crippen molar-refractivity contribution in [2.45, 2.75) is 6.61 Å². The Morgan fingerprint density at radius 2 is 1.43 bits per heavy atom. The van der Waals surface area contributed by atoms with E-state index in [1.807, 2.05) is 72.8 Å². The number of hydrogen-bond donors (Lipinski definition) is 1. The van der Waals surface area contributed by atoms with Crippen molar-refractivity contribution in [2.75, 3.05) is 5.32 Å². The van der Waals surface area contributed by atoms with Crippen LogP contribution in [-0.2, 0) is 6.61 Å². The molecule has 2 heteroatoms. The highest BCUT2D eigenvalue weighted by Crippen LogP contribution is 2.20. The van der Waals surface area contributed by atoms with E-state index in [1.54, 1.807) is 0 Å². The number of anilines is 2. The Labute approximate surface area is 137 Å². The predicted octanol–water partition coefficient (Wildman–Crippen LogP) is 5.65. The highest BCUT2D eigenvalue weighted by molar-refractivity contribution is 5.60. The predicted molar refractivity (Wildman–Crippen MR) is 97.0 cm³/mol. The molecule has 0 saturated heterocycles. The quantitative estimate of drug-likeness (QED) is 0.635. The minimum absolute atomic E-state index is 0.558. The third-order valence-corrected chi connectivity index (χ3v) is 3.54. The first-order valence-corrected chi connectivity index (χ1v) is 7.60. The molecule has 0 aromatic heterocycles. The lowest BCUT2D eigenvalue weighted by Crippen LogP contribution is -1.95. The molecule has 0 fully saturated rings. The molecule has 114 valence electrons. The first-order chi connectivity index (χ1) is 11.3. The molecule has 0 aliphatic rings. The van der Waals surface area contributed by atoms with Crippen LogP contribution in [0, 0.1) is 0 Å². The molecule has 3 rings (SSSR count). The molecule has 2 nitrogen and oxygen atoms in total. The van der Waals surface area contributed by atoms with Gasteiger partial charge in [0.2, 0.25) is 0 Å². The Kier molecular flexibility index (Phi) is 4.75. The molecule has 1 N–H and O–H groups in total. The van der Waals surface area contributed by atoms with Crippen molar-refractivity contribution >= 4 is 17.5 Å². The molecule has 0 bridgehead atoms. The topological polar surface area (TPSA) is 21.3 Å². The van der Waals surface area contributed by atoms with E-state index in [4.69, 9.17) is 4.74 Å². The largest absolute Gasteiger partial charge is 0.489 e. The third kappa shape index (κ3) is 4.24. The molecule has 0 amide bonds. The van der Waals surface area contributed by atoms with E-state index in [1.165, 1.54) is 0 Å². The zero-order chi connectivity index (χ0) is 15.9. The van der Waals surface area contributed by atoms with Gasteiger partial charge < -0.3 is 10.1 Å². The molecule has 0 aliphatic carbocycles. The standard InChI is InChI=1S/C21H19NO/c1-2-17-8-10-18(11-9-17)16-23-21-14-12-20(13-15-21)22-19-6-4-3-5-7-19/h2-15,22H,1,16H2. The molecule has 0 radical (unpaired) electrons. The summed E-state index contributed by atoms with van der Waals surface area (Å²) in [6.07, 6.45) is 1.84. The summed E-state index contributed by atoms with van der Waals surface area (Å²) in [7, 11) is 0. The van der Waals surface area contributed by atoms with Crippen molar-refractivity contribution < 1.29 is 4.74 Å². The SMILES string of the molecule is C=Cc1ccc(COc2ccc(Nc3ccccc3)cc2)cc1. The summed E-state index contributed by atoms with van der Waals surface area (Å²) in [5.41, 5.74) is 4.37. The number of nitrogens with one attached hydrogen (secondary N) is 1. The highest BCUT2D eigenvalue weighted by atomic mass is 16.5. The van der Waals surface area contributed by atoms with Gasteiger partial charge in [0.05, 0.1) is 0 Å². The lowest BCUT2D eigenvalue weighted by atomic mass is 10.1. The lowest BCUT2D eigenvalue weighted by molar-refractivity contribution is 0.306. The summed E-state index contributed by atoms with van der Waals surface area (Å²) < 4.78 is 5.82. The van der Waals surface area contributed by atoms with Gasteiger partial charge in [-0.25, -0.2) is 0 Å². The Hall–Kier alpha value is -3.00. The third-order valence-electron chi connectivity index (χ3n) is 3.54. The van der Waals surface area contributed by atoms with Crippen LogP contribution in [-0.4, -0.2) is 0 Å². The smallest absolute Gasteiger partial charge is 0.119 e. The second-order valence-electron chi connectivity index (χ2n) is 5.25. The molecule has 0 unspecified atom stereocenters. The van der Waals surface area contributed by atoms with Crippen molar-refractivity contribution in [1.82, 2.24) is 0 Å². The highest BCUT2D eigenvalue weighted by Gasteiger charge is 1.98. The summed E-state index contributed by atoms with van der Waals surface area (Å²) in [4.78, 5) is 0. The molecular formula is C21H19NO. The van der Waals surface area contributed by atoms with Crippen LogP contribution in [0.4, 0.5) is 11.4 Å². The summed E-state index contributed by atoms with van der Waals surface area (Å²) in [5.74, 6) is 0.858. The number of rotatable bonds is 6. The Bertz CT molecular complexity index is 746. The summed E-state index contributed by atoms with van der Waals surface area (Å²) in [6, 6.07) is 26.3. The number of hydrogen-bond acceptors (Lipinski definition) is 2. The van der Waals surface area contributed by atoms with Crippen LogP contribution in [0.3, 0.4) is 0 Å². The van der Waals surface area contributed by atoms with Crippen LogP contribution < -0.4 is 10.1 Å². The van der Waals surface area contributed by atoms with Gasteiger partial charge in [-0.1, -0.05) is 55.1 Å². The van der Waals surface area contributed by atoms with Gasteiger partial charge in [0.25, 0.3) is 0 Å². The maximum Gasteiger partial charge on any atom is 0.119 e. The molecule has 0 saturated carbocycles. The Morgan fingerprint density at radius 1 is 0.783 bits per heavy atom. The number of benzene rings is 3. The second kappa shape index (κ2) is 7.32. The van der Waals surface area contributed by atoms with E-state index in [0.29, 0.717) is 6.61 Å². The van der Waals surface area contributed by atoms with Gasteiger partial charge >= 0.3 is 0 Å². The summed E-state index contributed by atoms with van der Waals surface area (Å²) in [6.45, 7) is 4.31. The number of para-hydroxylation sites is 1. The van der Waals surface area contributed by atoms with Gasteiger partial charge in [-0.05, 0) is 47.5 Å². The molecule has 0 spiro atoms. The van der Waals surface area contributed by atoms with E-state index in [2.05, 4.69) is 24.0 Å². The molecule has 0 aliphatic heterocycles. The summed E-state index contributed by atoms with van der Waals surface area (Å²) in [5, 5.41) is 3.35. The van der Waals surface area contributed by atoms with Crippen molar-refractivity contribution in [3.63, 3.8) is 0 Å². The van der Waals surface area contributed by atoms with E-state index >= 15 is 0 Å². The van der Waals surface area contributed by atoms with E-state index in [9.17, 15) is 0 Å². The van der Waals surface area contributed by atoms with Crippen molar-refractivity contribution in [2.24, 2.45) is 0 Å². The van der Waals surface area contributed by atoms with E-state index in [-0.39, 0.29) is 0 Å². The van der Waals surface area contributed by atoms with Crippen LogP contribution >= 0.6 is 0 Å². The molecule has 3 aromatic carbocycles. The molecule has 3 aromatic rings. The second-order valence-corrected chi connectivity index (χ2v) is 5.25. The van der Waals surface area contributed by atoms with Gasteiger partial charge in [0.1, 0.15) is 12.4 Å². The van der Waals surface area contributed by atoms with Gasteiger partial charge in [0, 0.05) is 11.4 Å². The van der Waals surface area contributed by atoms with Crippen LogP contribution in [0.5, 0.6) is 5.75 Å². The fourth-order valence-corrected chi connectivity index (χ4v) is 2.24.